The Bertz CT molecular complexity index is 222. The minimum absolute atomic E-state index is 0.0139. The second-order valence-electron chi connectivity index (χ2n) is 3.38. The first-order chi connectivity index (χ1) is 4.62. The van der Waals surface area contributed by atoms with Gasteiger partial charge in [0.2, 0.25) is 5.91 Å². The Balaban J connectivity index is 2.26. The van der Waals surface area contributed by atoms with E-state index in [2.05, 4.69) is 5.32 Å². The van der Waals surface area contributed by atoms with Gasteiger partial charge in [0, 0.05) is 12.8 Å². The molecule has 10 heavy (non-hydrogen) atoms. The van der Waals surface area contributed by atoms with Crippen molar-refractivity contribution in [3.63, 3.8) is 0 Å². The quantitative estimate of drug-likeness (QED) is 0.474. The van der Waals surface area contributed by atoms with Gasteiger partial charge in [-0.15, -0.1) is 0 Å². The van der Waals surface area contributed by atoms with Gasteiger partial charge in [0.1, 0.15) is 5.78 Å². The zero-order valence-electron chi connectivity index (χ0n) is 5.81. The molecule has 2 aliphatic rings. The van der Waals surface area contributed by atoms with Crippen molar-refractivity contribution in [3.05, 3.63) is 0 Å². The number of rotatable bonds is 0. The van der Waals surface area contributed by atoms with Gasteiger partial charge in [-0.1, -0.05) is 0 Å². The van der Waals surface area contributed by atoms with E-state index in [4.69, 9.17) is 0 Å². The number of hydrogen-bond donors (Lipinski definition) is 1. The molecule has 3 heteroatoms. The van der Waals surface area contributed by atoms with Crippen molar-refractivity contribution >= 4 is 11.7 Å². The van der Waals surface area contributed by atoms with E-state index in [1.807, 2.05) is 6.92 Å². The highest BCUT2D eigenvalue weighted by molar-refractivity contribution is 5.98. The molecule has 3 nitrogen and oxygen atoms in total. The molecule has 1 saturated carbocycles. The first kappa shape index (κ1) is 5.89. The molecule has 0 bridgehead atoms. The molecule has 2 unspecified atom stereocenters. The van der Waals surface area contributed by atoms with Gasteiger partial charge in [-0.25, -0.2) is 0 Å². The predicted molar refractivity (Wildman–Crippen MR) is 34.3 cm³/mol. The number of amides is 1. The molecule has 0 aromatic carbocycles. The Kier molecular flexibility index (Phi) is 0.832. The van der Waals surface area contributed by atoms with Crippen LogP contribution < -0.4 is 5.32 Å². The van der Waals surface area contributed by atoms with Gasteiger partial charge in [0.05, 0.1) is 11.5 Å². The maximum Gasteiger partial charge on any atom is 0.226 e. The molecule has 1 N–H and O–H groups in total. The van der Waals surface area contributed by atoms with Crippen LogP contribution in [0.5, 0.6) is 0 Å². The highest BCUT2D eigenvalue weighted by atomic mass is 16.2. The number of β-lactam (4-membered cyclic amide) rings is 1. The third-order valence-electron chi connectivity index (χ3n) is 2.49. The molecule has 1 aliphatic heterocycles. The van der Waals surface area contributed by atoms with Crippen molar-refractivity contribution in [1.29, 1.82) is 0 Å². The van der Waals surface area contributed by atoms with E-state index in [0.29, 0.717) is 12.8 Å². The Morgan fingerprint density at radius 3 is 2.70 bits per heavy atom. The topological polar surface area (TPSA) is 46.2 Å². The van der Waals surface area contributed by atoms with Crippen molar-refractivity contribution in [2.45, 2.75) is 25.3 Å². The number of carbonyl (C=O) groups is 2. The van der Waals surface area contributed by atoms with Crippen LogP contribution in [0.25, 0.3) is 0 Å². The fraction of sp³-hybridized carbons (Fsp3) is 0.714. The van der Waals surface area contributed by atoms with E-state index in [1.54, 1.807) is 0 Å². The van der Waals surface area contributed by atoms with Crippen molar-refractivity contribution in [2.24, 2.45) is 5.92 Å². The summed E-state index contributed by atoms with van der Waals surface area (Å²) in [7, 11) is 0. The maximum atomic E-state index is 10.9. The van der Waals surface area contributed by atoms with Crippen molar-refractivity contribution in [3.8, 4) is 0 Å². The Morgan fingerprint density at radius 1 is 1.60 bits per heavy atom. The van der Waals surface area contributed by atoms with Crippen LogP contribution in [0, 0.1) is 5.92 Å². The minimum atomic E-state index is -0.172. The van der Waals surface area contributed by atoms with Gasteiger partial charge in [-0.05, 0) is 6.92 Å². The lowest BCUT2D eigenvalue weighted by Crippen LogP contribution is -2.64. The monoisotopic (exact) mass is 139 g/mol. The molecule has 1 aliphatic carbocycles. The summed E-state index contributed by atoms with van der Waals surface area (Å²) < 4.78 is 0. The normalized spacial score (nSPS) is 44.3. The number of Topliss-reactive ketones (excluding diaryl/α,β-unsaturated/α-hetero) is 1. The predicted octanol–water partition coefficient (Wildman–Crippen LogP) is -0.146. The lowest BCUT2D eigenvalue weighted by molar-refractivity contribution is -0.138. The summed E-state index contributed by atoms with van der Waals surface area (Å²) in [4.78, 5) is 21.7. The summed E-state index contributed by atoms with van der Waals surface area (Å²) in [6.07, 6.45) is 0.992. The molecule has 0 radical (unpaired) electrons. The Morgan fingerprint density at radius 2 is 2.30 bits per heavy atom. The van der Waals surface area contributed by atoms with Gasteiger partial charge in [0.25, 0.3) is 0 Å². The molecule has 0 spiro atoms. The fourth-order valence-electron chi connectivity index (χ4n) is 1.86. The molecule has 2 fully saturated rings. The molecule has 1 heterocycles. The maximum absolute atomic E-state index is 10.9. The van der Waals surface area contributed by atoms with Gasteiger partial charge < -0.3 is 5.32 Å². The molecule has 2 rings (SSSR count). The van der Waals surface area contributed by atoms with Crippen molar-refractivity contribution in [2.75, 3.05) is 0 Å². The molecule has 0 aromatic rings. The van der Waals surface area contributed by atoms with E-state index in [9.17, 15) is 9.59 Å². The molecular formula is C7H9NO2. The number of fused-ring (bicyclic) bond motifs is 1. The molecule has 1 saturated heterocycles. The lowest BCUT2D eigenvalue weighted by atomic mass is 9.80. The molecule has 54 valence electrons. The van der Waals surface area contributed by atoms with Crippen LogP contribution in [0.4, 0.5) is 0 Å². The minimum Gasteiger partial charge on any atom is -0.349 e. The second kappa shape index (κ2) is 1.41. The van der Waals surface area contributed by atoms with Crippen LogP contribution in [0.3, 0.4) is 0 Å². The highest BCUT2D eigenvalue weighted by Crippen LogP contribution is 2.39. The third-order valence-corrected chi connectivity index (χ3v) is 2.49. The lowest BCUT2D eigenvalue weighted by Gasteiger charge is -2.41. The number of hydrogen-bond acceptors (Lipinski definition) is 2. The molecular weight excluding hydrogens is 130 g/mol. The number of nitrogens with one attached hydrogen (secondary N) is 1. The summed E-state index contributed by atoms with van der Waals surface area (Å²) in [5, 5.41) is 2.75. The fourth-order valence-corrected chi connectivity index (χ4v) is 1.86. The van der Waals surface area contributed by atoms with Gasteiger partial charge >= 0.3 is 0 Å². The van der Waals surface area contributed by atoms with Crippen LogP contribution in [-0.4, -0.2) is 17.2 Å². The zero-order valence-corrected chi connectivity index (χ0v) is 5.81. The third kappa shape index (κ3) is 0.503. The summed E-state index contributed by atoms with van der Waals surface area (Å²) in [6, 6.07) is 0. The largest absolute Gasteiger partial charge is 0.349 e. The second-order valence-corrected chi connectivity index (χ2v) is 3.38. The van der Waals surface area contributed by atoms with Crippen LogP contribution >= 0.6 is 0 Å². The van der Waals surface area contributed by atoms with E-state index in [-0.39, 0.29) is 23.1 Å². The van der Waals surface area contributed by atoms with Crippen LogP contribution in [0.1, 0.15) is 19.8 Å². The van der Waals surface area contributed by atoms with E-state index in [1.165, 1.54) is 0 Å². The molecule has 2 atom stereocenters. The van der Waals surface area contributed by atoms with E-state index in [0.717, 1.165) is 0 Å². The summed E-state index contributed by atoms with van der Waals surface area (Å²) >= 11 is 0. The first-order valence-corrected chi connectivity index (χ1v) is 3.45. The van der Waals surface area contributed by atoms with Gasteiger partial charge in [0.15, 0.2) is 0 Å². The summed E-state index contributed by atoms with van der Waals surface area (Å²) in [6.45, 7) is 1.93. The van der Waals surface area contributed by atoms with E-state index < -0.39 is 0 Å². The molecule has 1 amide bonds. The van der Waals surface area contributed by atoms with E-state index >= 15 is 0 Å². The standard InChI is InChI=1S/C7H9NO2/c1-7-3-4(9)2-5(7)6(10)8-7/h5H,2-3H2,1H3,(H,8,10). The molecule has 0 aromatic heterocycles. The Hall–Kier alpha value is -0.860. The summed E-state index contributed by atoms with van der Waals surface area (Å²) in [5.41, 5.74) is -0.172. The average Bonchev–Trinajstić information content (AvgIpc) is 2.03. The van der Waals surface area contributed by atoms with Crippen molar-refractivity contribution in [1.82, 2.24) is 5.32 Å². The van der Waals surface area contributed by atoms with Gasteiger partial charge in [-0.2, -0.15) is 0 Å². The highest BCUT2D eigenvalue weighted by Gasteiger charge is 2.55. The average molecular weight is 139 g/mol. The van der Waals surface area contributed by atoms with Crippen LogP contribution in [0.2, 0.25) is 0 Å². The number of carbonyl (C=O) groups excluding carboxylic acids is 2. The van der Waals surface area contributed by atoms with Gasteiger partial charge in [-0.3, -0.25) is 9.59 Å². The van der Waals surface area contributed by atoms with Crippen molar-refractivity contribution < 1.29 is 9.59 Å². The summed E-state index contributed by atoms with van der Waals surface area (Å²) in [5.74, 6) is 0.249. The smallest absolute Gasteiger partial charge is 0.226 e. The first-order valence-electron chi connectivity index (χ1n) is 3.45. The Labute approximate surface area is 58.8 Å². The van der Waals surface area contributed by atoms with Crippen LogP contribution in [-0.2, 0) is 9.59 Å². The number of ketones is 1. The zero-order chi connectivity index (χ0) is 7.35. The van der Waals surface area contributed by atoms with Crippen LogP contribution in [0.15, 0.2) is 0 Å². The SMILES string of the molecule is CC12CC(=O)CC1C(=O)N2.